The van der Waals surface area contributed by atoms with Crippen molar-refractivity contribution in [3.8, 4) is 0 Å². The lowest BCUT2D eigenvalue weighted by Crippen LogP contribution is -2.36. The molecule has 0 radical (unpaired) electrons. The van der Waals surface area contributed by atoms with E-state index >= 15 is 0 Å². The summed E-state index contributed by atoms with van der Waals surface area (Å²) in [6.45, 7) is 6.20. The second-order valence-electron chi connectivity index (χ2n) is 6.38. The first-order valence-electron chi connectivity index (χ1n) is 8.52. The van der Waals surface area contributed by atoms with Crippen LogP contribution in [0.1, 0.15) is 46.0 Å². The molecule has 0 aromatic heterocycles. The van der Waals surface area contributed by atoms with Gasteiger partial charge in [0.25, 0.3) is 0 Å². The van der Waals surface area contributed by atoms with E-state index in [-0.39, 0.29) is 18.5 Å². The molecule has 1 aliphatic carbocycles. The van der Waals surface area contributed by atoms with Crippen molar-refractivity contribution in [2.24, 2.45) is 0 Å². The molecule has 1 amide bonds. The Balaban J connectivity index is 1.78. The Morgan fingerprint density at radius 1 is 1.30 bits per heavy atom. The van der Waals surface area contributed by atoms with Crippen molar-refractivity contribution in [3.05, 3.63) is 23.8 Å². The zero-order valence-electron chi connectivity index (χ0n) is 14.2. The molecule has 1 saturated heterocycles. The highest BCUT2D eigenvalue weighted by molar-refractivity contribution is 5.91. The van der Waals surface area contributed by atoms with E-state index in [1.807, 2.05) is 24.0 Å². The van der Waals surface area contributed by atoms with Crippen LogP contribution in [0.25, 0.3) is 0 Å². The summed E-state index contributed by atoms with van der Waals surface area (Å²) in [6, 6.07) is 0. The number of hydrogen-bond donors (Lipinski definition) is 0. The first-order valence-corrected chi connectivity index (χ1v) is 8.52. The molecule has 1 atom stereocenters. The van der Waals surface area contributed by atoms with Crippen LogP contribution < -0.4 is 0 Å². The quantitative estimate of drug-likeness (QED) is 0.534. The number of unbranched alkanes of at least 4 members (excludes halogenated alkanes) is 1. The van der Waals surface area contributed by atoms with E-state index in [1.165, 1.54) is 0 Å². The Morgan fingerprint density at radius 2 is 2.04 bits per heavy atom. The number of nitrogens with zero attached hydrogens (tertiary/aromatic N) is 1. The third-order valence-corrected chi connectivity index (χ3v) is 4.29. The largest absolute Gasteiger partial charge is 0.462 e. The Morgan fingerprint density at radius 3 is 2.65 bits per heavy atom. The Hall–Kier alpha value is -1.62. The zero-order valence-corrected chi connectivity index (χ0v) is 14.2. The molecule has 0 aromatic rings. The summed E-state index contributed by atoms with van der Waals surface area (Å²) in [5, 5.41) is 0. The maximum atomic E-state index is 12.0. The van der Waals surface area contributed by atoms with E-state index in [9.17, 15) is 9.59 Å². The molecular weight excluding hydrogens is 294 g/mol. The number of hydrogen-bond acceptors (Lipinski definition) is 4. The molecule has 5 heteroatoms. The van der Waals surface area contributed by atoms with Gasteiger partial charge in [0.05, 0.1) is 17.8 Å². The van der Waals surface area contributed by atoms with Gasteiger partial charge in [0.1, 0.15) is 6.61 Å². The van der Waals surface area contributed by atoms with E-state index in [1.54, 1.807) is 6.08 Å². The van der Waals surface area contributed by atoms with Gasteiger partial charge in [-0.3, -0.25) is 4.79 Å². The van der Waals surface area contributed by atoms with Gasteiger partial charge in [-0.1, -0.05) is 25.5 Å². The van der Waals surface area contributed by atoms with Crippen molar-refractivity contribution < 1.29 is 19.1 Å². The maximum absolute atomic E-state index is 12.0. The molecule has 0 aromatic carbocycles. The minimum Gasteiger partial charge on any atom is -0.462 e. The SMILES string of the molecule is CCCCOC(=O)C1=CCC(C)(OCC(=O)N2CCCC2)C=C1. The first-order chi connectivity index (χ1) is 11.0. The minimum absolute atomic E-state index is 0.0471. The van der Waals surface area contributed by atoms with Crippen LogP contribution in [0.5, 0.6) is 0 Å². The summed E-state index contributed by atoms with van der Waals surface area (Å²) in [5.74, 6) is -0.240. The molecule has 23 heavy (non-hydrogen) atoms. The Labute approximate surface area is 138 Å². The molecule has 1 fully saturated rings. The van der Waals surface area contributed by atoms with Crippen LogP contribution in [0.2, 0.25) is 0 Å². The molecule has 0 N–H and O–H groups in total. The number of carbonyl (C=O) groups is 2. The molecule has 2 aliphatic rings. The minimum atomic E-state index is -0.539. The lowest BCUT2D eigenvalue weighted by Gasteiger charge is -2.28. The number of esters is 1. The zero-order chi connectivity index (χ0) is 16.7. The maximum Gasteiger partial charge on any atom is 0.337 e. The molecule has 0 spiro atoms. The number of amides is 1. The fourth-order valence-corrected chi connectivity index (χ4v) is 2.65. The molecule has 0 bridgehead atoms. The fourth-order valence-electron chi connectivity index (χ4n) is 2.65. The van der Waals surface area contributed by atoms with Crippen LogP contribution in [0.3, 0.4) is 0 Å². The lowest BCUT2D eigenvalue weighted by atomic mass is 9.94. The van der Waals surface area contributed by atoms with Crippen molar-refractivity contribution in [3.63, 3.8) is 0 Å². The highest BCUT2D eigenvalue weighted by atomic mass is 16.5. The van der Waals surface area contributed by atoms with Crippen molar-refractivity contribution in [2.45, 2.75) is 51.6 Å². The monoisotopic (exact) mass is 321 g/mol. The summed E-state index contributed by atoms with van der Waals surface area (Å²) in [7, 11) is 0. The van der Waals surface area contributed by atoms with Crippen LogP contribution in [0.4, 0.5) is 0 Å². The molecule has 1 aliphatic heterocycles. The number of likely N-dealkylation sites (tertiary alicyclic amines) is 1. The van der Waals surface area contributed by atoms with Crippen molar-refractivity contribution >= 4 is 11.9 Å². The predicted molar refractivity (Wildman–Crippen MR) is 87.9 cm³/mol. The van der Waals surface area contributed by atoms with Crippen molar-refractivity contribution in [1.29, 1.82) is 0 Å². The van der Waals surface area contributed by atoms with Crippen LogP contribution in [-0.4, -0.2) is 48.7 Å². The summed E-state index contributed by atoms with van der Waals surface area (Å²) in [6.07, 6.45) is 10.0. The third-order valence-electron chi connectivity index (χ3n) is 4.29. The average Bonchev–Trinajstić information content (AvgIpc) is 3.08. The molecule has 5 nitrogen and oxygen atoms in total. The molecule has 1 unspecified atom stereocenters. The topological polar surface area (TPSA) is 55.8 Å². The second-order valence-corrected chi connectivity index (χ2v) is 6.38. The van der Waals surface area contributed by atoms with Crippen molar-refractivity contribution in [2.75, 3.05) is 26.3 Å². The van der Waals surface area contributed by atoms with Gasteiger partial charge in [-0.15, -0.1) is 0 Å². The predicted octanol–water partition coefficient (Wildman–Crippen LogP) is 2.61. The summed E-state index contributed by atoms with van der Waals surface area (Å²) < 4.78 is 11.0. The van der Waals surface area contributed by atoms with Gasteiger partial charge in [-0.25, -0.2) is 4.79 Å². The van der Waals surface area contributed by atoms with E-state index < -0.39 is 5.60 Å². The van der Waals surface area contributed by atoms with E-state index in [0.717, 1.165) is 38.8 Å². The first kappa shape index (κ1) is 17.7. The highest BCUT2D eigenvalue weighted by Gasteiger charge is 2.28. The second kappa shape index (κ2) is 8.29. The van der Waals surface area contributed by atoms with Gasteiger partial charge in [0, 0.05) is 13.1 Å². The molecule has 0 saturated carbocycles. The number of carbonyl (C=O) groups excluding carboxylic acids is 2. The smallest absolute Gasteiger partial charge is 0.337 e. The van der Waals surface area contributed by atoms with Gasteiger partial charge in [0.15, 0.2) is 0 Å². The average molecular weight is 321 g/mol. The van der Waals surface area contributed by atoms with E-state index in [4.69, 9.17) is 9.47 Å². The fraction of sp³-hybridized carbons (Fsp3) is 0.667. The number of rotatable bonds is 7. The third kappa shape index (κ3) is 5.20. The number of ether oxygens (including phenoxy) is 2. The van der Waals surface area contributed by atoms with Gasteiger partial charge in [-0.2, -0.15) is 0 Å². The van der Waals surface area contributed by atoms with Gasteiger partial charge in [-0.05, 0) is 38.7 Å². The van der Waals surface area contributed by atoms with Gasteiger partial charge in [0.2, 0.25) is 5.91 Å². The summed E-state index contributed by atoms with van der Waals surface area (Å²) in [5.41, 5.74) is 0.0239. The lowest BCUT2D eigenvalue weighted by molar-refractivity contribution is -0.140. The van der Waals surface area contributed by atoms with Crippen LogP contribution in [0, 0.1) is 0 Å². The highest BCUT2D eigenvalue weighted by Crippen LogP contribution is 2.25. The molecule has 2 rings (SSSR count). The summed E-state index contributed by atoms with van der Waals surface area (Å²) >= 11 is 0. The van der Waals surface area contributed by atoms with E-state index in [2.05, 4.69) is 6.92 Å². The van der Waals surface area contributed by atoms with Gasteiger partial charge >= 0.3 is 5.97 Å². The van der Waals surface area contributed by atoms with Crippen molar-refractivity contribution in [1.82, 2.24) is 4.90 Å². The Bertz CT molecular complexity index is 491. The van der Waals surface area contributed by atoms with E-state index in [0.29, 0.717) is 18.6 Å². The molecule has 1 heterocycles. The van der Waals surface area contributed by atoms with Crippen LogP contribution in [0.15, 0.2) is 23.8 Å². The van der Waals surface area contributed by atoms with Gasteiger partial charge < -0.3 is 14.4 Å². The molecular formula is C18H27NO4. The molecule has 128 valence electrons. The summed E-state index contributed by atoms with van der Waals surface area (Å²) in [4.78, 5) is 25.8. The van der Waals surface area contributed by atoms with Crippen LogP contribution >= 0.6 is 0 Å². The Kier molecular flexibility index (Phi) is 6.39. The normalized spacial score (nSPS) is 23.7. The van der Waals surface area contributed by atoms with Crippen LogP contribution in [-0.2, 0) is 19.1 Å². The standard InChI is InChI=1S/C18H27NO4/c1-3-4-13-22-17(21)15-7-9-18(2,10-8-15)23-14-16(20)19-11-5-6-12-19/h7-9H,3-6,10-14H2,1-2H3.